The highest BCUT2D eigenvalue weighted by molar-refractivity contribution is 8.14. The lowest BCUT2D eigenvalue weighted by atomic mass is 9.90. The van der Waals surface area contributed by atoms with Gasteiger partial charge in [0.2, 0.25) is 0 Å². The van der Waals surface area contributed by atoms with Crippen molar-refractivity contribution < 1.29 is 27.1 Å². The van der Waals surface area contributed by atoms with Gasteiger partial charge >= 0.3 is 6.61 Å². The second kappa shape index (κ2) is 10.2. The third-order valence-electron chi connectivity index (χ3n) is 4.77. The summed E-state index contributed by atoms with van der Waals surface area (Å²) in [6.45, 7) is -1.26. The van der Waals surface area contributed by atoms with Crippen LogP contribution in [0, 0.1) is 0 Å². The maximum Gasteiger partial charge on any atom is 0.345 e. The molecular weight excluding hydrogens is 448 g/mol. The summed E-state index contributed by atoms with van der Waals surface area (Å²) in [6, 6.07) is 6.16. The Morgan fingerprint density at radius 2 is 2.12 bits per heavy atom. The van der Waals surface area contributed by atoms with Crippen LogP contribution < -0.4 is 5.73 Å². The molecular formula is C21H20F4N4O2S. The minimum Gasteiger partial charge on any atom is -0.379 e. The molecule has 2 aromatic rings. The Labute approximate surface area is 186 Å². The lowest BCUT2D eigenvalue weighted by Gasteiger charge is -2.33. The van der Waals surface area contributed by atoms with E-state index in [1.807, 2.05) is 0 Å². The first kappa shape index (κ1) is 23.9. The highest BCUT2D eigenvalue weighted by atomic mass is 32.2. The van der Waals surface area contributed by atoms with Crippen LogP contribution in [0.5, 0.6) is 0 Å². The Bertz CT molecular complexity index is 1030. The predicted molar refractivity (Wildman–Crippen MR) is 114 cm³/mol. The summed E-state index contributed by atoms with van der Waals surface area (Å²) in [7, 11) is 0. The molecule has 170 valence electrons. The SMILES string of the molecule is C[C@@]1(c2cc(CC(=O)c3ccc(C=C(F)F)cn3)ccn2)C[C@@H](COC(F)F)SC(N)=N1. The van der Waals surface area contributed by atoms with Crippen LogP contribution in [0.2, 0.25) is 0 Å². The normalized spacial score (nSPS) is 20.7. The van der Waals surface area contributed by atoms with E-state index >= 15 is 0 Å². The number of thioether (sulfide) groups is 1. The Morgan fingerprint density at radius 3 is 2.78 bits per heavy atom. The van der Waals surface area contributed by atoms with Gasteiger partial charge in [0.25, 0.3) is 6.08 Å². The fourth-order valence-corrected chi connectivity index (χ4v) is 4.49. The molecule has 0 amide bonds. The van der Waals surface area contributed by atoms with Crippen LogP contribution >= 0.6 is 11.8 Å². The van der Waals surface area contributed by atoms with Crippen LogP contribution in [0.1, 0.15) is 40.7 Å². The summed E-state index contributed by atoms with van der Waals surface area (Å²) >= 11 is 1.17. The molecule has 0 fully saturated rings. The first-order valence-electron chi connectivity index (χ1n) is 9.54. The number of aliphatic imine (C=N–C) groups is 1. The van der Waals surface area contributed by atoms with Gasteiger partial charge in [0.1, 0.15) is 11.2 Å². The first-order valence-corrected chi connectivity index (χ1v) is 10.4. The highest BCUT2D eigenvalue weighted by Crippen LogP contribution is 2.38. The number of pyridine rings is 2. The van der Waals surface area contributed by atoms with Crippen LogP contribution in [0.25, 0.3) is 6.08 Å². The molecule has 6 nitrogen and oxygen atoms in total. The van der Waals surface area contributed by atoms with E-state index in [9.17, 15) is 22.4 Å². The molecule has 3 heterocycles. The lowest BCUT2D eigenvalue weighted by Crippen LogP contribution is -2.36. The number of nitrogens with zero attached hydrogens (tertiary/aromatic N) is 3. The largest absolute Gasteiger partial charge is 0.379 e. The standard InChI is InChI=1S/C21H20F4N4O2S/c1-21(9-14(11-31-19(24)25)32-20(26)29-21)17-7-12(4-5-27-17)6-16(30)15-3-2-13(10-28-15)8-18(22)23/h2-5,7-8,10,14,19H,6,9,11H2,1H3,(H2,26,29)/t14-,21-/m0/s1. The zero-order chi connectivity index (χ0) is 23.3. The Morgan fingerprint density at radius 1 is 1.34 bits per heavy atom. The fourth-order valence-electron chi connectivity index (χ4n) is 3.34. The van der Waals surface area contributed by atoms with Gasteiger partial charge in [0.15, 0.2) is 11.0 Å². The maximum atomic E-state index is 12.6. The minimum absolute atomic E-state index is 0.0110. The molecule has 0 aromatic carbocycles. The van der Waals surface area contributed by atoms with Gasteiger partial charge in [-0.15, -0.1) is 0 Å². The van der Waals surface area contributed by atoms with Crippen molar-refractivity contribution in [1.29, 1.82) is 0 Å². The number of carbonyl (C=O) groups is 1. The molecule has 0 saturated heterocycles. The van der Waals surface area contributed by atoms with E-state index in [-0.39, 0.29) is 40.5 Å². The highest BCUT2D eigenvalue weighted by Gasteiger charge is 2.36. The summed E-state index contributed by atoms with van der Waals surface area (Å²) in [6.07, 6.45) is 1.92. The summed E-state index contributed by atoms with van der Waals surface area (Å²) in [5.74, 6) is -0.297. The van der Waals surface area contributed by atoms with Crippen LogP contribution in [-0.2, 0) is 16.7 Å². The number of amidine groups is 1. The molecule has 1 aliphatic rings. The van der Waals surface area contributed by atoms with Crippen LogP contribution in [0.4, 0.5) is 17.6 Å². The van der Waals surface area contributed by atoms with Crippen molar-refractivity contribution in [3.05, 3.63) is 65.3 Å². The van der Waals surface area contributed by atoms with Crippen molar-refractivity contribution in [3.8, 4) is 0 Å². The molecule has 3 rings (SSSR count). The molecule has 0 unspecified atom stereocenters. The summed E-state index contributed by atoms with van der Waals surface area (Å²) in [5, 5.41) is -0.0857. The van der Waals surface area contributed by atoms with Crippen molar-refractivity contribution in [2.24, 2.45) is 10.7 Å². The predicted octanol–water partition coefficient (Wildman–Crippen LogP) is 4.41. The van der Waals surface area contributed by atoms with Gasteiger partial charge in [-0.1, -0.05) is 17.8 Å². The molecule has 11 heteroatoms. The number of halogens is 4. The number of hydrogen-bond donors (Lipinski definition) is 1. The molecule has 2 N–H and O–H groups in total. The van der Waals surface area contributed by atoms with Crippen molar-refractivity contribution in [2.45, 2.75) is 37.2 Å². The molecule has 32 heavy (non-hydrogen) atoms. The number of Topliss-reactive ketones (excluding diaryl/α,β-unsaturated/α-hetero) is 1. The van der Waals surface area contributed by atoms with Crippen molar-refractivity contribution in [3.63, 3.8) is 0 Å². The number of nitrogens with two attached hydrogens (primary N) is 1. The van der Waals surface area contributed by atoms with E-state index in [1.54, 1.807) is 19.1 Å². The van der Waals surface area contributed by atoms with Crippen molar-refractivity contribution >= 4 is 28.8 Å². The Kier molecular flexibility index (Phi) is 7.62. The summed E-state index contributed by atoms with van der Waals surface area (Å²) < 4.78 is 53.9. The molecule has 0 radical (unpaired) electrons. The summed E-state index contributed by atoms with van der Waals surface area (Å²) in [5.41, 5.74) is 6.57. The van der Waals surface area contributed by atoms with Gasteiger partial charge < -0.3 is 10.5 Å². The zero-order valence-corrected chi connectivity index (χ0v) is 17.8. The zero-order valence-electron chi connectivity index (χ0n) is 17.0. The smallest absolute Gasteiger partial charge is 0.345 e. The van der Waals surface area contributed by atoms with Crippen LogP contribution in [0.15, 0.2) is 47.7 Å². The van der Waals surface area contributed by atoms with Crippen LogP contribution in [-0.4, -0.2) is 39.4 Å². The average molecular weight is 468 g/mol. The number of hydrogen-bond acceptors (Lipinski definition) is 7. The third-order valence-corrected chi connectivity index (χ3v) is 5.74. The maximum absolute atomic E-state index is 12.6. The van der Waals surface area contributed by atoms with Gasteiger partial charge in [-0.25, -0.2) is 4.99 Å². The number of alkyl halides is 2. The van der Waals surface area contributed by atoms with E-state index in [0.717, 1.165) is 0 Å². The quantitative estimate of drug-likeness (QED) is 0.456. The van der Waals surface area contributed by atoms with E-state index in [0.29, 0.717) is 23.8 Å². The molecule has 0 spiro atoms. The Balaban J connectivity index is 1.75. The monoisotopic (exact) mass is 468 g/mol. The first-order chi connectivity index (χ1) is 15.1. The Hall–Kier alpha value is -2.79. The van der Waals surface area contributed by atoms with Crippen molar-refractivity contribution in [2.75, 3.05) is 6.61 Å². The number of carbonyl (C=O) groups excluding carboxylic acids is 1. The number of aromatic nitrogens is 2. The minimum atomic E-state index is -2.87. The van der Waals surface area contributed by atoms with Crippen LogP contribution in [0.3, 0.4) is 0 Å². The molecule has 0 bridgehead atoms. The number of ether oxygens (including phenoxy) is 1. The lowest BCUT2D eigenvalue weighted by molar-refractivity contribution is -0.128. The number of ketones is 1. The number of rotatable bonds is 8. The van der Waals surface area contributed by atoms with E-state index in [1.165, 1.54) is 36.3 Å². The van der Waals surface area contributed by atoms with Gasteiger partial charge in [-0.3, -0.25) is 14.8 Å². The van der Waals surface area contributed by atoms with E-state index in [2.05, 4.69) is 19.7 Å². The second-order valence-corrected chi connectivity index (χ2v) is 8.64. The molecule has 2 aromatic heterocycles. The van der Waals surface area contributed by atoms with E-state index in [4.69, 9.17) is 5.73 Å². The topological polar surface area (TPSA) is 90.5 Å². The van der Waals surface area contributed by atoms with Gasteiger partial charge in [-0.2, -0.15) is 17.6 Å². The third kappa shape index (κ3) is 6.36. The van der Waals surface area contributed by atoms with Crippen molar-refractivity contribution in [1.82, 2.24) is 9.97 Å². The fraction of sp³-hybridized carbons (Fsp3) is 0.333. The average Bonchev–Trinajstić information content (AvgIpc) is 2.72. The van der Waals surface area contributed by atoms with Gasteiger partial charge in [0, 0.05) is 30.1 Å². The second-order valence-electron chi connectivity index (χ2n) is 7.32. The molecule has 0 aliphatic carbocycles. The molecule has 0 saturated carbocycles. The molecule has 2 atom stereocenters. The molecule has 1 aliphatic heterocycles. The van der Waals surface area contributed by atoms with E-state index < -0.39 is 18.2 Å². The summed E-state index contributed by atoms with van der Waals surface area (Å²) in [4.78, 5) is 25.3. The van der Waals surface area contributed by atoms with Gasteiger partial charge in [-0.05, 0) is 42.7 Å². The van der Waals surface area contributed by atoms with Gasteiger partial charge in [0.05, 0.1) is 12.3 Å².